The maximum Gasteiger partial charge on any atom is 0.255 e. The predicted octanol–water partition coefficient (Wildman–Crippen LogP) is 2.64. The smallest absolute Gasteiger partial charge is 0.255 e. The van der Waals surface area contributed by atoms with E-state index in [0.29, 0.717) is 42.3 Å². The number of carbonyl (C=O) groups excluding carboxylic acids is 2. The van der Waals surface area contributed by atoms with E-state index < -0.39 is 0 Å². The molecular formula is C18H17ClN2O3. The number of aromatic hydroxyl groups is 1. The summed E-state index contributed by atoms with van der Waals surface area (Å²) >= 11 is 6.08. The van der Waals surface area contributed by atoms with Crippen molar-refractivity contribution >= 4 is 23.4 Å². The van der Waals surface area contributed by atoms with Crippen molar-refractivity contribution in [2.75, 3.05) is 26.2 Å². The highest BCUT2D eigenvalue weighted by molar-refractivity contribution is 6.33. The molecule has 0 spiro atoms. The van der Waals surface area contributed by atoms with Crippen LogP contribution in [0.3, 0.4) is 0 Å². The summed E-state index contributed by atoms with van der Waals surface area (Å²) in [7, 11) is 0. The summed E-state index contributed by atoms with van der Waals surface area (Å²) in [6.07, 6.45) is 0. The van der Waals surface area contributed by atoms with Crippen LogP contribution in [0.5, 0.6) is 5.75 Å². The molecule has 6 heteroatoms. The molecule has 1 aliphatic rings. The highest BCUT2D eigenvalue weighted by atomic mass is 35.5. The van der Waals surface area contributed by atoms with E-state index in [1.54, 1.807) is 46.2 Å². The van der Waals surface area contributed by atoms with E-state index in [9.17, 15) is 14.7 Å². The van der Waals surface area contributed by atoms with E-state index >= 15 is 0 Å². The second-order valence-electron chi connectivity index (χ2n) is 5.61. The molecule has 0 atom stereocenters. The standard InChI is InChI=1S/C18H17ClN2O3/c19-16-4-2-1-3-15(16)18(24)21-11-9-20(10-12-21)17(23)13-5-7-14(22)8-6-13/h1-8,22H,9-12H2. The molecule has 124 valence electrons. The van der Waals surface area contributed by atoms with Gasteiger partial charge in [0.2, 0.25) is 0 Å². The van der Waals surface area contributed by atoms with E-state index in [1.165, 1.54) is 12.1 Å². The Hall–Kier alpha value is -2.53. The minimum Gasteiger partial charge on any atom is -0.508 e. The first-order chi connectivity index (χ1) is 11.6. The van der Waals surface area contributed by atoms with Crippen molar-refractivity contribution in [3.8, 4) is 5.75 Å². The Bertz CT molecular complexity index is 753. The number of carbonyl (C=O) groups is 2. The summed E-state index contributed by atoms with van der Waals surface area (Å²) < 4.78 is 0. The molecule has 0 saturated carbocycles. The summed E-state index contributed by atoms with van der Waals surface area (Å²) in [6, 6.07) is 13.1. The number of nitrogens with zero attached hydrogens (tertiary/aromatic N) is 2. The van der Waals surface area contributed by atoms with Crippen LogP contribution in [0.15, 0.2) is 48.5 Å². The number of phenolic OH excluding ortho intramolecular Hbond substituents is 1. The topological polar surface area (TPSA) is 60.9 Å². The zero-order valence-corrected chi connectivity index (χ0v) is 13.7. The molecule has 1 N–H and O–H groups in total. The molecule has 2 amide bonds. The molecule has 0 radical (unpaired) electrons. The molecule has 1 heterocycles. The van der Waals surface area contributed by atoms with Crippen LogP contribution in [0.4, 0.5) is 0 Å². The molecule has 3 rings (SSSR count). The second-order valence-corrected chi connectivity index (χ2v) is 6.02. The van der Waals surface area contributed by atoms with Crippen molar-refractivity contribution in [3.05, 3.63) is 64.7 Å². The number of hydrogen-bond acceptors (Lipinski definition) is 3. The van der Waals surface area contributed by atoms with Gasteiger partial charge >= 0.3 is 0 Å². The van der Waals surface area contributed by atoms with E-state index in [1.807, 2.05) is 0 Å². The first-order valence-corrected chi connectivity index (χ1v) is 8.06. The Labute approximate surface area is 145 Å². The van der Waals surface area contributed by atoms with Crippen molar-refractivity contribution in [1.29, 1.82) is 0 Å². The third kappa shape index (κ3) is 3.36. The van der Waals surface area contributed by atoms with Gasteiger partial charge in [0.1, 0.15) is 5.75 Å². The lowest BCUT2D eigenvalue weighted by molar-refractivity contribution is 0.0535. The molecule has 0 bridgehead atoms. The number of rotatable bonds is 2. The number of phenols is 1. The normalized spacial score (nSPS) is 14.5. The molecule has 1 saturated heterocycles. The molecule has 2 aromatic rings. The van der Waals surface area contributed by atoms with Gasteiger partial charge in [-0.2, -0.15) is 0 Å². The zero-order chi connectivity index (χ0) is 17.1. The van der Waals surface area contributed by atoms with Crippen LogP contribution in [-0.4, -0.2) is 52.9 Å². The summed E-state index contributed by atoms with van der Waals surface area (Å²) in [6.45, 7) is 1.87. The van der Waals surface area contributed by atoms with Gasteiger partial charge in [-0.25, -0.2) is 0 Å². The lowest BCUT2D eigenvalue weighted by Gasteiger charge is -2.35. The SMILES string of the molecule is O=C(c1ccc(O)cc1)N1CCN(C(=O)c2ccccc2Cl)CC1. The summed E-state index contributed by atoms with van der Waals surface area (Å²) in [5, 5.41) is 9.73. The lowest BCUT2D eigenvalue weighted by atomic mass is 10.1. The van der Waals surface area contributed by atoms with Crippen molar-refractivity contribution in [3.63, 3.8) is 0 Å². The van der Waals surface area contributed by atoms with Crippen molar-refractivity contribution in [2.45, 2.75) is 0 Å². The summed E-state index contributed by atoms with van der Waals surface area (Å²) in [5.74, 6) is -0.0844. The van der Waals surface area contributed by atoms with Crippen LogP contribution >= 0.6 is 11.6 Å². The molecule has 5 nitrogen and oxygen atoms in total. The van der Waals surface area contributed by atoms with E-state index in [2.05, 4.69) is 0 Å². The van der Waals surface area contributed by atoms with Gasteiger partial charge in [-0.05, 0) is 36.4 Å². The minimum absolute atomic E-state index is 0.0974. The molecule has 0 aliphatic carbocycles. The Kier molecular flexibility index (Phi) is 4.71. The number of piperazine rings is 1. The minimum atomic E-state index is -0.114. The monoisotopic (exact) mass is 344 g/mol. The van der Waals surface area contributed by atoms with Gasteiger partial charge in [-0.15, -0.1) is 0 Å². The van der Waals surface area contributed by atoms with Gasteiger partial charge in [0.05, 0.1) is 10.6 Å². The lowest BCUT2D eigenvalue weighted by Crippen LogP contribution is -2.50. The fourth-order valence-electron chi connectivity index (χ4n) is 2.70. The number of hydrogen-bond donors (Lipinski definition) is 1. The number of benzene rings is 2. The highest BCUT2D eigenvalue weighted by Crippen LogP contribution is 2.19. The van der Waals surface area contributed by atoms with Gasteiger partial charge in [-0.1, -0.05) is 23.7 Å². The van der Waals surface area contributed by atoms with Gasteiger partial charge < -0.3 is 14.9 Å². The van der Waals surface area contributed by atoms with Crippen molar-refractivity contribution in [2.24, 2.45) is 0 Å². The van der Waals surface area contributed by atoms with Gasteiger partial charge in [0.25, 0.3) is 11.8 Å². The van der Waals surface area contributed by atoms with Crippen LogP contribution in [0.1, 0.15) is 20.7 Å². The Balaban J connectivity index is 1.63. The molecule has 24 heavy (non-hydrogen) atoms. The first-order valence-electron chi connectivity index (χ1n) is 7.68. The largest absolute Gasteiger partial charge is 0.508 e. The van der Waals surface area contributed by atoms with Crippen molar-refractivity contribution in [1.82, 2.24) is 9.80 Å². The molecule has 1 fully saturated rings. The highest BCUT2D eigenvalue weighted by Gasteiger charge is 2.26. The van der Waals surface area contributed by atoms with Crippen LogP contribution in [-0.2, 0) is 0 Å². The average Bonchev–Trinajstić information content (AvgIpc) is 2.62. The maximum atomic E-state index is 12.5. The van der Waals surface area contributed by atoms with Crippen LogP contribution in [0, 0.1) is 0 Å². The van der Waals surface area contributed by atoms with Crippen molar-refractivity contribution < 1.29 is 14.7 Å². The predicted molar refractivity (Wildman–Crippen MR) is 91.4 cm³/mol. The summed E-state index contributed by atoms with van der Waals surface area (Å²) in [5.41, 5.74) is 1.01. The number of amides is 2. The van der Waals surface area contributed by atoms with Gasteiger partial charge in [0.15, 0.2) is 0 Å². The van der Waals surface area contributed by atoms with E-state index in [4.69, 9.17) is 11.6 Å². The molecule has 0 aromatic heterocycles. The molecule has 0 unspecified atom stereocenters. The zero-order valence-electron chi connectivity index (χ0n) is 13.0. The first kappa shape index (κ1) is 16.3. The maximum absolute atomic E-state index is 12.5. The number of halogens is 1. The molecular weight excluding hydrogens is 328 g/mol. The molecule has 1 aliphatic heterocycles. The summed E-state index contributed by atoms with van der Waals surface area (Å²) in [4.78, 5) is 28.4. The Morgan fingerprint density at radius 3 is 1.96 bits per heavy atom. The van der Waals surface area contributed by atoms with Gasteiger partial charge in [0, 0.05) is 31.7 Å². The molecule has 2 aromatic carbocycles. The van der Waals surface area contributed by atoms with E-state index in [-0.39, 0.29) is 17.6 Å². The average molecular weight is 345 g/mol. The van der Waals surface area contributed by atoms with Crippen LogP contribution < -0.4 is 0 Å². The van der Waals surface area contributed by atoms with Gasteiger partial charge in [-0.3, -0.25) is 9.59 Å². The third-order valence-electron chi connectivity index (χ3n) is 4.07. The quantitative estimate of drug-likeness (QED) is 0.911. The second kappa shape index (κ2) is 6.93. The fraction of sp³-hybridized carbons (Fsp3) is 0.222. The van der Waals surface area contributed by atoms with Crippen LogP contribution in [0.25, 0.3) is 0 Å². The van der Waals surface area contributed by atoms with Crippen LogP contribution in [0.2, 0.25) is 5.02 Å². The van der Waals surface area contributed by atoms with E-state index in [0.717, 1.165) is 0 Å². The Morgan fingerprint density at radius 2 is 1.38 bits per heavy atom. The fourth-order valence-corrected chi connectivity index (χ4v) is 2.92. The Morgan fingerprint density at radius 1 is 0.833 bits per heavy atom. The third-order valence-corrected chi connectivity index (χ3v) is 4.40.